The Morgan fingerprint density at radius 2 is 2.33 bits per heavy atom. The Balaban J connectivity index is 2.20. The van der Waals surface area contributed by atoms with Crippen LogP contribution in [-0.2, 0) is 6.54 Å². The minimum Gasteiger partial charge on any atom is -0.493 e. The summed E-state index contributed by atoms with van der Waals surface area (Å²) < 4.78 is 7.99. The first-order chi connectivity index (χ1) is 8.61. The second-order valence-corrected chi connectivity index (χ2v) is 7.08. The molecular formula is C11H9BrClIN2OS. The third-order valence-electron chi connectivity index (χ3n) is 2.23. The molecule has 0 fully saturated rings. The first-order valence-corrected chi connectivity index (χ1v) is 8.04. The van der Waals surface area contributed by atoms with Crippen molar-refractivity contribution in [3.63, 3.8) is 0 Å². The SMILES string of the molecule is COc1c(I)ccc(Br)c1NCc1cnc(Cl)s1. The molecule has 0 saturated carbocycles. The number of thiazole rings is 1. The van der Waals surface area contributed by atoms with Crippen LogP contribution in [0.25, 0.3) is 0 Å². The van der Waals surface area contributed by atoms with Gasteiger partial charge in [0.15, 0.2) is 10.2 Å². The van der Waals surface area contributed by atoms with Crippen LogP contribution in [0.3, 0.4) is 0 Å². The maximum absolute atomic E-state index is 5.80. The lowest BCUT2D eigenvalue weighted by molar-refractivity contribution is 0.413. The fraction of sp³-hybridized carbons (Fsp3) is 0.182. The van der Waals surface area contributed by atoms with E-state index in [0.29, 0.717) is 11.0 Å². The average Bonchev–Trinajstić information content (AvgIpc) is 2.76. The van der Waals surface area contributed by atoms with Gasteiger partial charge in [-0.05, 0) is 50.7 Å². The van der Waals surface area contributed by atoms with Crippen LogP contribution >= 0.6 is 61.5 Å². The molecule has 1 aromatic carbocycles. The molecule has 0 unspecified atom stereocenters. The summed E-state index contributed by atoms with van der Waals surface area (Å²) in [5.74, 6) is 0.834. The van der Waals surface area contributed by atoms with Crippen molar-refractivity contribution in [2.45, 2.75) is 6.54 Å². The minimum atomic E-state index is 0.556. The van der Waals surface area contributed by atoms with Crippen LogP contribution in [0.2, 0.25) is 4.47 Å². The van der Waals surface area contributed by atoms with Gasteiger partial charge >= 0.3 is 0 Å². The van der Waals surface area contributed by atoms with Crippen LogP contribution in [0, 0.1) is 3.57 Å². The number of methoxy groups -OCH3 is 1. The lowest BCUT2D eigenvalue weighted by atomic mass is 10.3. The van der Waals surface area contributed by atoms with Crippen molar-refractivity contribution in [1.29, 1.82) is 0 Å². The number of hydrogen-bond acceptors (Lipinski definition) is 4. The molecule has 0 atom stereocenters. The molecule has 1 N–H and O–H groups in total. The number of hydrogen-bond donors (Lipinski definition) is 1. The first-order valence-electron chi connectivity index (χ1n) is 4.98. The topological polar surface area (TPSA) is 34.1 Å². The van der Waals surface area contributed by atoms with E-state index in [9.17, 15) is 0 Å². The Hall–Kier alpha value is -0.0500. The molecule has 0 aliphatic heterocycles. The van der Waals surface area contributed by atoms with Crippen molar-refractivity contribution >= 4 is 67.1 Å². The van der Waals surface area contributed by atoms with Crippen molar-refractivity contribution in [2.75, 3.05) is 12.4 Å². The van der Waals surface area contributed by atoms with Crippen molar-refractivity contribution in [1.82, 2.24) is 4.98 Å². The lowest BCUT2D eigenvalue weighted by Gasteiger charge is -2.13. The lowest BCUT2D eigenvalue weighted by Crippen LogP contribution is -2.02. The molecule has 0 bridgehead atoms. The van der Waals surface area contributed by atoms with Crippen LogP contribution in [0.1, 0.15) is 4.88 Å². The van der Waals surface area contributed by atoms with Crippen LogP contribution in [-0.4, -0.2) is 12.1 Å². The van der Waals surface area contributed by atoms with Crippen LogP contribution in [0.5, 0.6) is 5.75 Å². The Morgan fingerprint density at radius 3 is 2.94 bits per heavy atom. The van der Waals surface area contributed by atoms with E-state index >= 15 is 0 Å². The Morgan fingerprint density at radius 1 is 1.56 bits per heavy atom. The molecule has 0 amide bonds. The molecule has 2 rings (SSSR count). The summed E-state index contributed by atoms with van der Waals surface area (Å²) in [5.41, 5.74) is 0.939. The summed E-state index contributed by atoms with van der Waals surface area (Å²) in [6.45, 7) is 0.666. The molecule has 96 valence electrons. The molecule has 18 heavy (non-hydrogen) atoms. The smallest absolute Gasteiger partial charge is 0.183 e. The molecule has 1 heterocycles. The van der Waals surface area contributed by atoms with Crippen molar-refractivity contribution in [2.24, 2.45) is 0 Å². The van der Waals surface area contributed by atoms with Crippen LogP contribution in [0.15, 0.2) is 22.8 Å². The largest absolute Gasteiger partial charge is 0.493 e. The molecule has 0 radical (unpaired) electrons. The first kappa shape index (κ1) is 14.4. The fourth-order valence-corrected chi connectivity index (χ4v) is 3.48. The van der Waals surface area contributed by atoms with Gasteiger partial charge in [0.1, 0.15) is 0 Å². The maximum Gasteiger partial charge on any atom is 0.183 e. The molecule has 7 heteroatoms. The summed E-state index contributed by atoms with van der Waals surface area (Å²) in [6, 6.07) is 3.99. The minimum absolute atomic E-state index is 0.556. The van der Waals surface area contributed by atoms with E-state index in [1.165, 1.54) is 11.3 Å². The number of halogens is 3. The number of rotatable bonds is 4. The fourth-order valence-electron chi connectivity index (χ4n) is 1.44. The summed E-state index contributed by atoms with van der Waals surface area (Å²) >= 11 is 13.0. The highest BCUT2D eigenvalue weighted by molar-refractivity contribution is 14.1. The number of anilines is 1. The van der Waals surface area contributed by atoms with E-state index in [2.05, 4.69) is 48.8 Å². The monoisotopic (exact) mass is 458 g/mol. The van der Waals surface area contributed by atoms with Crippen molar-refractivity contribution in [3.05, 3.63) is 35.7 Å². The van der Waals surface area contributed by atoms with Gasteiger partial charge in [-0.25, -0.2) is 4.98 Å². The molecule has 0 aliphatic carbocycles. The maximum atomic E-state index is 5.80. The predicted molar refractivity (Wildman–Crippen MR) is 87.9 cm³/mol. The van der Waals surface area contributed by atoms with Gasteiger partial charge in [-0.1, -0.05) is 11.6 Å². The van der Waals surface area contributed by atoms with Crippen LogP contribution < -0.4 is 10.1 Å². The van der Waals surface area contributed by atoms with Gasteiger partial charge in [-0.2, -0.15) is 0 Å². The number of nitrogens with one attached hydrogen (secondary N) is 1. The third kappa shape index (κ3) is 3.28. The zero-order valence-electron chi connectivity index (χ0n) is 9.34. The van der Waals surface area contributed by atoms with Crippen molar-refractivity contribution in [3.8, 4) is 5.75 Å². The molecule has 1 aromatic heterocycles. The molecular weight excluding hydrogens is 450 g/mol. The van der Waals surface area contributed by atoms with Gasteiger partial charge in [0, 0.05) is 15.5 Å². The highest BCUT2D eigenvalue weighted by Gasteiger charge is 2.11. The standard InChI is InChI=1S/C11H9BrClIN2OS/c1-17-10-8(14)3-2-7(12)9(10)15-4-6-5-16-11(13)18-6/h2-3,5,15H,4H2,1H3. The number of benzene rings is 1. The van der Waals surface area contributed by atoms with Gasteiger partial charge in [0.05, 0.1) is 22.9 Å². The third-order valence-corrected chi connectivity index (χ3v) is 4.85. The van der Waals surface area contributed by atoms with E-state index in [4.69, 9.17) is 16.3 Å². The van der Waals surface area contributed by atoms with Gasteiger partial charge in [0.25, 0.3) is 0 Å². The summed E-state index contributed by atoms with van der Waals surface area (Å²) in [7, 11) is 1.67. The second kappa shape index (κ2) is 6.40. The highest BCUT2D eigenvalue weighted by Crippen LogP contribution is 2.37. The van der Waals surface area contributed by atoms with E-state index in [1.54, 1.807) is 13.3 Å². The van der Waals surface area contributed by atoms with Gasteiger partial charge in [0.2, 0.25) is 0 Å². The molecule has 0 saturated heterocycles. The molecule has 3 nitrogen and oxygen atoms in total. The zero-order chi connectivity index (χ0) is 13.1. The Labute approximate surface area is 136 Å². The Kier molecular flexibility index (Phi) is 5.11. The molecule has 0 spiro atoms. The van der Waals surface area contributed by atoms with E-state index in [-0.39, 0.29) is 0 Å². The summed E-state index contributed by atoms with van der Waals surface area (Å²) in [6.07, 6.45) is 1.77. The van der Waals surface area contributed by atoms with E-state index in [1.807, 2.05) is 12.1 Å². The zero-order valence-corrected chi connectivity index (χ0v) is 14.7. The van der Waals surface area contributed by atoms with Gasteiger partial charge in [-0.3, -0.25) is 0 Å². The number of nitrogens with zero attached hydrogens (tertiary/aromatic N) is 1. The van der Waals surface area contributed by atoms with Gasteiger partial charge < -0.3 is 10.1 Å². The molecule has 0 aliphatic rings. The quantitative estimate of drug-likeness (QED) is 0.668. The van der Waals surface area contributed by atoms with E-state index in [0.717, 1.165) is 24.4 Å². The van der Waals surface area contributed by atoms with Crippen molar-refractivity contribution < 1.29 is 4.74 Å². The second-order valence-electron chi connectivity index (χ2n) is 3.37. The average molecular weight is 460 g/mol. The number of aromatic nitrogens is 1. The highest BCUT2D eigenvalue weighted by atomic mass is 127. The summed E-state index contributed by atoms with van der Waals surface area (Å²) in [4.78, 5) is 5.09. The predicted octanol–water partition coefficient (Wildman–Crippen LogP) is 4.78. The normalized spacial score (nSPS) is 10.4. The van der Waals surface area contributed by atoms with Gasteiger partial charge in [-0.15, -0.1) is 11.3 Å². The Bertz CT molecular complexity index is 564. The van der Waals surface area contributed by atoms with E-state index < -0.39 is 0 Å². The van der Waals surface area contributed by atoms with Crippen LogP contribution in [0.4, 0.5) is 5.69 Å². The number of ether oxygens (including phenoxy) is 1. The summed E-state index contributed by atoms with van der Waals surface area (Å²) in [5, 5.41) is 3.34. The molecule has 2 aromatic rings.